The van der Waals surface area contributed by atoms with Crippen molar-refractivity contribution >= 4 is 53.3 Å². The number of hydrogen-bond donors (Lipinski definition) is 2. The van der Waals surface area contributed by atoms with Crippen LogP contribution >= 0.6 is 35.7 Å². The van der Waals surface area contributed by atoms with Gasteiger partial charge in [0, 0.05) is 36.8 Å². The predicted octanol–water partition coefficient (Wildman–Crippen LogP) is 2.89. The van der Waals surface area contributed by atoms with E-state index >= 15 is 0 Å². The van der Waals surface area contributed by atoms with Gasteiger partial charge in [0.2, 0.25) is 5.91 Å². The van der Waals surface area contributed by atoms with Crippen LogP contribution in [0.4, 0.5) is 5.69 Å². The Hall–Kier alpha value is -0.960. The highest BCUT2D eigenvalue weighted by Crippen LogP contribution is 2.24. The normalized spacial score (nSPS) is 18.1. The summed E-state index contributed by atoms with van der Waals surface area (Å²) in [4.78, 5) is 18.6. The molecule has 1 aliphatic rings. The van der Waals surface area contributed by atoms with E-state index in [1.165, 1.54) is 0 Å². The summed E-state index contributed by atoms with van der Waals surface area (Å²) in [6.45, 7) is 6.67. The number of hydrogen-bond acceptors (Lipinski definition) is 3. The number of carbonyl (C=O) groups excluding carboxylic acids is 1. The van der Waals surface area contributed by atoms with Gasteiger partial charge in [0.25, 0.3) is 0 Å². The first kappa shape index (κ1) is 21.1. The van der Waals surface area contributed by atoms with Crippen LogP contribution in [0.5, 0.6) is 0 Å². The van der Waals surface area contributed by atoms with Gasteiger partial charge in [-0.2, -0.15) is 11.8 Å². The third-order valence-electron chi connectivity index (χ3n) is 3.81. The van der Waals surface area contributed by atoms with Crippen LogP contribution in [0.3, 0.4) is 0 Å². The Morgan fingerprint density at radius 1 is 1.38 bits per heavy atom. The average Bonchev–Trinajstić information content (AvgIpc) is 2.56. The molecule has 1 amide bonds. The molecule has 1 aromatic carbocycles. The van der Waals surface area contributed by atoms with E-state index in [0.29, 0.717) is 11.2 Å². The molecular weight excluding hydrogens is 435 g/mol. The maximum absolute atomic E-state index is 12.0. The molecule has 5 nitrogen and oxygen atoms in total. The van der Waals surface area contributed by atoms with Crippen molar-refractivity contribution in [2.45, 2.75) is 19.1 Å². The second-order valence-corrected chi connectivity index (χ2v) is 7.26. The van der Waals surface area contributed by atoms with E-state index in [0.717, 1.165) is 30.5 Å². The summed E-state index contributed by atoms with van der Waals surface area (Å²) >= 11 is 2.03. The number of carbonyl (C=O) groups is 1. The maximum atomic E-state index is 12.0. The number of amides is 1. The van der Waals surface area contributed by atoms with E-state index in [2.05, 4.69) is 34.4 Å². The van der Waals surface area contributed by atoms with Gasteiger partial charge in [-0.1, -0.05) is 32.0 Å². The third kappa shape index (κ3) is 6.51. The van der Waals surface area contributed by atoms with Crippen LogP contribution in [0.15, 0.2) is 35.3 Å². The van der Waals surface area contributed by atoms with Gasteiger partial charge in [-0.3, -0.25) is 9.79 Å². The van der Waals surface area contributed by atoms with E-state index in [1.807, 2.05) is 42.1 Å². The fourth-order valence-electron chi connectivity index (χ4n) is 2.49. The van der Waals surface area contributed by atoms with Gasteiger partial charge >= 0.3 is 0 Å². The van der Waals surface area contributed by atoms with Gasteiger partial charge in [-0.25, -0.2) is 0 Å². The van der Waals surface area contributed by atoms with Crippen LogP contribution in [0, 0.1) is 5.92 Å². The number of anilines is 1. The average molecular weight is 462 g/mol. The molecule has 1 fully saturated rings. The highest BCUT2D eigenvalue weighted by atomic mass is 127. The molecule has 1 heterocycles. The minimum Gasteiger partial charge on any atom is -0.347 e. The lowest BCUT2D eigenvalue weighted by atomic mass is 10.1. The Kier molecular flexibility index (Phi) is 9.50. The number of guanidine groups is 1. The highest BCUT2D eigenvalue weighted by molar-refractivity contribution is 14.0. The molecule has 0 spiro atoms. The number of nitrogens with one attached hydrogen (secondary N) is 2. The van der Waals surface area contributed by atoms with E-state index in [1.54, 1.807) is 7.05 Å². The molecule has 2 N–H and O–H groups in total. The molecule has 0 bridgehead atoms. The number of para-hydroxylation sites is 1. The molecule has 134 valence electrons. The van der Waals surface area contributed by atoms with Gasteiger partial charge in [0.05, 0.1) is 6.54 Å². The molecule has 1 aromatic rings. The van der Waals surface area contributed by atoms with E-state index < -0.39 is 0 Å². The van der Waals surface area contributed by atoms with Crippen molar-refractivity contribution < 1.29 is 4.79 Å². The summed E-state index contributed by atoms with van der Waals surface area (Å²) in [6.07, 6.45) is 0. The topological polar surface area (TPSA) is 56.7 Å². The number of halogens is 1. The van der Waals surface area contributed by atoms with Crippen LogP contribution in [0.1, 0.15) is 13.8 Å². The number of nitrogens with zero attached hydrogens (tertiary/aromatic N) is 2. The first-order valence-corrected chi connectivity index (χ1v) is 9.07. The Labute approximate surface area is 166 Å². The van der Waals surface area contributed by atoms with Gasteiger partial charge in [-0.05, 0) is 18.1 Å². The molecule has 0 aromatic heterocycles. The summed E-state index contributed by atoms with van der Waals surface area (Å²) in [5.74, 6) is 2.48. The summed E-state index contributed by atoms with van der Waals surface area (Å²) in [7, 11) is 1.77. The standard InChI is InChI=1S/C17H26N4OS.HI/c1-13(2)15-12-21(9-10-23-15)17(18-3)19-11-16(22)20-14-7-5-4-6-8-14;/h4-8,13,15H,9-12H2,1-3H3,(H,18,19)(H,20,22);1H. The molecule has 1 saturated heterocycles. The monoisotopic (exact) mass is 462 g/mol. The quantitative estimate of drug-likeness (QED) is 0.411. The lowest BCUT2D eigenvalue weighted by Gasteiger charge is -2.36. The fourth-order valence-corrected chi connectivity index (χ4v) is 3.79. The molecule has 0 radical (unpaired) electrons. The molecule has 7 heteroatoms. The van der Waals surface area contributed by atoms with Gasteiger partial charge in [-0.15, -0.1) is 24.0 Å². The maximum Gasteiger partial charge on any atom is 0.243 e. The van der Waals surface area contributed by atoms with E-state index in [-0.39, 0.29) is 36.4 Å². The van der Waals surface area contributed by atoms with Crippen LogP contribution in [0.2, 0.25) is 0 Å². The molecule has 0 aliphatic carbocycles. The lowest BCUT2D eigenvalue weighted by Crippen LogP contribution is -2.50. The molecule has 1 aliphatic heterocycles. The molecule has 1 unspecified atom stereocenters. The van der Waals surface area contributed by atoms with Crippen molar-refractivity contribution in [1.29, 1.82) is 0 Å². The smallest absolute Gasteiger partial charge is 0.243 e. The van der Waals surface area contributed by atoms with Crippen molar-refractivity contribution in [1.82, 2.24) is 10.2 Å². The SMILES string of the molecule is CN=C(NCC(=O)Nc1ccccc1)N1CCSC(C(C)C)C1.I. The highest BCUT2D eigenvalue weighted by Gasteiger charge is 2.24. The molecule has 24 heavy (non-hydrogen) atoms. The molecule has 0 saturated carbocycles. The number of thioether (sulfide) groups is 1. The van der Waals surface area contributed by atoms with Crippen molar-refractivity contribution in [3.05, 3.63) is 30.3 Å². The Morgan fingerprint density at radius 3 is 2.71 bits per heavy atom. The van der Waals surface area contributed by atoms with E-state index in [9.17, 15) is 4.79 Å². The number of aliphatic imine (C=N–C) groups is 1. The van der Waals surface area contributed by atoms with Gasteiger partial charge in [0.15, 0.2) is 5.96 Å². The van der Waals surface area contributed by atoms with Gasteiger partial charge < -0.3 is 15.5 Å². The Balaban J connectivity index is 0.00000288. The van der Waals surface area contributed by atoms with Crippen molar-refractivity contribution in [2.75, 3.05) is 37.8 Å². The van der Waals surface area contributed by atoms with Crippen LogP contribution in [-0.2, 0) is 4.79 Å². The lowest BCUT2D eigenvalue weighted by molar-refractivity contribution is -0.115. The van der Waals surface area contributed by atoms with Crippen LogP contribution in [-0.4, -0.2) is 54.5 Å². The van der Waals surface area contributed by atoms with Crippen molar-refractivity contribution in [3.8, 4) is 0 Å². The minimum absolute atomic E-state index is 0. The fraction of sp³-hybridized carbons (Fsp3) is 0.529. The van der Waals surface area contributed by atoms with Gasteiger partial charge in [0.1, 0.15) is 0 Å². The second-order valence-electron chi connectivity index (χ2n) is 5.91. The summed E-state index contributed by atoms with van der Waals surface area (Å²) in [5, 5.41) is 6.66. The second kappa shape index (κ2) is 10.8. The van der Waals surface area contributed by atoms with Crippen molar-refractivity contribution in [2.24, 2.45) is 10.9 Å². The molecule has 2 rings (SSSR count). The third-order valence-corrected chi connectivity index (χ3v) is 5.35. The Morgan fingerprint density at radius 2 is 2.08 bits per heavy atom. The van der Waals surface area contributed by atoms with E-state index in [4.69, 9.17) is 0 Å². The first-order valence-electron chi connectivity index (χ1n) is 8.02. The largest absolute Gasteiger partial charge is 0.347 e. The summed E-state index contributed by atoms with van der Waals surface area (Å²) < 4.78 is 0. The molecule has 1 atom stereocenters. The number of benzene rings is 1. The predicted molar refractivity (Wildman–Crippen MR) is 115 cm³/mol. The summed E-state index contributed by atoms with van der Waals surface area (Å²) in [5.41, 5.74) is 0.809. The summed E-state index contributed by atoms with van der Waals surface area (Å²) in [6, 6.07) is 9.48. The molecular formula is C17H27IN4OS. The Bertz CT molecular complexity index is 539. The van der Waals surface area contributed by atoms with Crippen LogP contribution < -0.4 is 10.6 Å². The zero-order valence-electron chi connectivity index (χ0n) is 14.5. The zero-order valence-corrected chi connectivity index (χ0v) is 17.6. The zero-order chi connectivity index (χ0) is 16.7. The minimum atomic E-state index is -0.0656. The van der Waals surface area contributed by atoms with Crippen LogP contribution in [0.25, 0.3) is 0 Å². The number of rotatable bonds is 4. The van der Waals surface area contributed by atoms with Crippen molar-refractivity contribution in [3.63, 3.8) is 0 Å². The first-order chi connectivity index (χ1) is 11.1.